The highest BCUT2D eigenvalue weighted by Gasteiger charge is 2.46. The van der Waals surface area contributed by atoms with Gasteiger partial charge in [0.2, 0.25) is 5.79 Å². The minimum absolute atomic E-state index is 0.0854. The number of benzene rings is 2. The molecule has 0 aliphatic carbocycles. The third-order valence-electron chi connectivity index (χ3n) is 9.00. The van der Waals surface area contributed by atoms with Gasteiger partial charge in [-0.3, -0.25) is 4.90 Å². The maximum atomic E-state index is 13.0. The lowest BCUT2D eigenvalue weighted by Gasteiger charge is -2.37. The number of carbonyl (C=O) groups is 1. The van der Waals surface area contributed by atoms with Crippen LogP contribution < -0.4 is 19.4 Å². The highest BCUT2D eigenvalue weighted by atomic mass is 16.8. The van der Waals surface area contributed by atoms with Crippen molar-refractivity contribution in [3.8, 4) is 5.75 Å². The zero-order valence-electron chi connectivity index (χ0n) is 27.8. The van der Waals surface area contributed by atoms with Gasteiger partial charge in [-0.1, -0.05) is 13.5 Å². The van der Waals surface area contributed by atoms with Gasteiger partial charge in [0, 0.05) is 63.0 Å². The van der Waals surface area contributed by atoms with Crippen LogP contribution in [0.3, 0.4) is 0 Å². The predicted octanol–water partition coefficient (Wildman–Crippen LogP) is 4.54. The molecule has 48 heavy (non-hydrogen) atoms. The Kier molecular flexibility index (Phi) is 10.2. The van der Waals surface area contributed by atoms with Crippen molar-refractivity contribution in [2.45, 2.75) is 44.7 Å². The van der Waals surface area contributed by atoms with Crippen molar-refractivity contribution in [2.24, 2.45) is 0 Å². The lowest BCUT2D eigenvalue weighted by Crippen LogP contribution is -2.46. The molecule has 13 nitrogen and oxygen atoms in total. The molecular weight excluding hydrogens is 610 g/mol. The lowest BCUT2D eigenvalue weighted by molar-refractivity contribution is -0.195. The maximum absolute atomic E-state index is 13.0. The molecule has 3 atom stereocenters. The molecule has 3 unspecified atom stereocenters. The van der Waals surface area contributed by atoms with Crippen molar-refractivity contribution < 1.29 is 19.0 Å². The van der Waals surface area contributed by atoms with Gasteiger partial charge in [0.15, 0.2) is 0 Å². The van der Waals surface area contributed by atoms with Gasteiger partial charge in [-0.15, -0.1) is 0 Å². The average molecular weight is 654 g/mol. The smallest absolute Gasteiger partial charge is 0.328 e. The fraction of sp³-hybridized carbons (Fsp3) is 0.400. The number of aromatic nitrogens is 5. The van der Waals surface area contributed by atoms with Crippen LogP contribution in [0, 0.1) is 0 Å². The van der Waals surface area contributed by atoms with Gasteiger partial charge in [0.25, 0.3) is 0 Å². The molecule has 2 aromatic heterocycles. The molecule has 2 aromatic carbocycles. The topological polar surface area (TPSA) is 114 Å². The molecule has 13 heteroatoms. The number of piperazine rings is 1. The first-order chi connectivity index (χ1) is 23.4. The number of hydrogen-bond donors (Lipinski definition) is 0. The second-order valence-corrected chi connectivity index (χ2v) is 12.0. The number of anilines is 3. The summed E-state index contributed by atoms with van der Waals surface area (Å²) in [5, 5.41) is 8.42. The molecule has 4 heterocycles. The number of carbonyl (C=O) groups excluding carboxylic acids is 1. The average Bonchev–Trinajstić information content (AvgIpc) is 3.82. The van der Waals surface area contributed by atoms with E-state index in [4.69, 9.17) is 14.2 Å². The van der Waals surface area contributed by atoms with Gasteiger partial charge in [0.05, 0.1) is 24.7 Å². The van der Waals surface area contributed by atoms with E-state index in [0.717, 1.165) is 55.4 Å². The number of nitrogens with zero attached hydrogens (tertiary/aromatic N) is 9. The first-order valence-corrected chi connectivity index (χ1v) is 16.3. The Hall–Kier alpha value is -5.01. The Morgan fingerprint density at radius 1 is 1.02 bits per heavy atom. The van der Waals surface area contributed by atoms with Crippen LogP contribution in [0.1, 0.15) is 26.0 Å². The zero-order chi connectivity index (χ0) is 33.5. The van der Waals surface area contributed by atoms with Crippen molar-refractivity contribution in [2.75, 3.05) is 61.1 Å². The third-order valence-corrected chi connectivity index (χ3v) is 9.00. The molecular formula is C35H43N9O4. The van der Waals surface area contributed by atoms with Crippen LogP contribution in [0.25, 0.3) is 0 Å². The molecule has 252 valence electrons. The molecule has 6 rings (SSSR count). The van der Waals surface area contributed by atoms with Crippen LogP contribution in [0.4, 0.5) is 21.9 Å². The summed E-state index contributed by atoms with van der Waals surface area (Å²) in [6.45, 7) is 12.5. The number of ether oxygens (including phenoxy) is 3. The molecule has 0 spiro atoms. The minimum atomic E-state index is -1.13. The summed E-state index contributed by atoms with van der Waals surface area (Å²) in [7, 11) is 1.83. The SMILES string of the molecule is C=CN(C(=O)N(C)C(C)CC)c1ccc(N2CCN(c3ccc(OCC4COC(Cn5nccn5)(c5ccncn5)O4)cc3)CC2)cc1. The van der Waals surface area contributed by atoms with Crippen LogP contribution in [-0.4, -0.2) is 94.5 Å². The lowest BCUT2D eigenvalue weighted by atomic mass is 10.2. The van der Waals surface area contributed by atoms with Crippen molar-refractivity contribution in [1.29, 1.82) is 0 Å². The van der Waals surface area contributed by atoms with Gasteiger partial charge in [-0.2, -0.15) is 15.0 Å². The molecule has 0 N–H and O–H groups in total. The normalized spacial score (nSPS) is 19.9. The Balaban J connectivity index is 0.995. The fourth-order valence-corrected chi connectivity index (χ4v) is 5.89. The van der Waals surface area contributed by atoms with Gasteiger partial charge >= 0.3 is 6.03 Å². The fourth-order valence-electron chi connectivity index (χ4n) is 5.89. The monoisotopic (exact) mass is 653 g/mol. The van der Waals surface area contributed by atoms with E-state index < -0.39 is 5.79 Å². The van der Waals surface area contributed by atoms with E-state index in [0.29, 0.717) is 18.9 Å². The third kappa shape index (κ3) is 7.26. The number of rotatable bonds is 12. The van der Waals surface area contributed by atoms with Crippen LogP contribution in [0.2, 0.25) is 0 Å². The van der Waals surface area contributed by atoms with Crippen LogP contribution in [-0.2, 0) is 21.8 Å². The quantitative estimate of drug-likeness (QED) is 0.216. The van der Waals surface area contributed by atoms with Gasteiger partial charge in [-0.05, 0) is 67.9 Å². The molecule has 2 amide bonds. The van der Waals surface area contributed by atoms with E-state index in [-0.39, 0.29) is 24.7 Å². The summed E-state index contributed by atoms with van der Waals surface area (Å²) < 4.78 is 18.7. The summed E-state index contributed by atoms with van der Waals surface area (Å²) in [6, 6.07) is 18.1. The Morgan fingerprint density at radius 2 is 1.67 bits per heavy atom. The van der Waals surface area contributed by atoms with E-state index in [9.17, 15) is 4.79 Å². The first kappa shape index (κ1) is 32.9. The Bertz CT molecular complexity index is 1610. The number of urea groups is 1. The second kappa shape index (κ2) is 14.8. The summed E-state index contributed by atoms with van der Waals surface area (Å²) >= 11 is 0. The molecule has 0 saturated carbocycles. The van der Waals surface area contributed by atoms with Crippen LogP contribution >= 0.6 is 0 Å². The largest absolute Gasteiger partial charge is 0.491 e. The first-order valence-electron chi connectivity index (χ1n) is 16.3. The number of hydrogen-bond acceptors (Lipinski definition) is 10. The van der Waals surface area contributed by atoms with Crippen molar-refractivity contribution in [3.05, 3.63) is 98.0 Å². The van der Waals surface area contributed by atoms with E-state index in [1.807, 2.05) is 38.2 Å². The number of amides is 2. The standard InChI is InChI=1S/C35H43N9O4/c1-5-27(3)40(4)34(45)43(6-2)30-9-7-28(8-10-30)41-19-21-42(22-20-41)29-11-13-31(14-12-29)46-23-32-24-47-35(48-32,25-44-38-17-18-39-44)33-15-16-36-26-37-33/h6-18,26-27,32H,2,5,19-25H2,1,3-4H3. The highest BCUT2D eigenvalue weighted by molar-refractivity contribution is 5.94. The minimum Gasteiger partial charge on any atom is -0.491 e. The molecule has 2 aliphatic rings. The summed E-state index contributed by atoms with van der Waals surface area (Å²) in [5.74, 6) is -0.365. The zero-order valence-corrected chi connectivity index (χ0v) is 27.8. The van der Waals surface area contributed by atoms with Crippen LogP contribution in [0.15, 0.2) is 92.3 Å². The Morgan fingerprint density at radius 3 is 2.25 bits per heavy atom. The molecule has 2 saturated heterocycles. The summed E-state index contributed by atoms with van der Waals surface area (Å²) in [4.78, 5) is 31.0. The van der Waals surface area contributed by atoms with Crippen molar-refractivity contribution >= 4 is 23.1 Å². The van der Waals surface area contributed by atoms with E-state index in [1.54, 1.807) is 40.7 Å². The van der Waals surface area contributed by atoms with E-state index >= 15 is 0 Å². The summed E-state index contributed by atoms with van der Waals surface area (Å²) in [6.07, 6.45) is 8.53. The molecule has 0 bridgehead atoms. The Labute approximate surface area is 281 Å². The molecule has 4 aromatic rings. The molecule has 2 aliphatic heterocycles. The summed E-state index contributed by atoms with van der Waals surface area (Å²) in [5.41, 5.74) is 3.70. The van der Waals surface area contributed by atoms with E-state index in [1.165, 1.54) is 11.1 Å². The van der Waals surface area contributed by atoms with Gasteiger partial charge in [-0.25, -0.2) is 14.8 Å². The van der Waals surface area contributed by atoms with Crippen LogP contribution in [0.5, 0.6) is 5.75 Å². The molecule has 2 fully saturated rings. The second-order valence-electron chi connectivity index (χ2n) is 12.0. The van der Waals surface area contributed by atoms with Crippen molar-refractivity contribution in [3.63, 3.8) is 0 Å². The predicted molar refractivity (Wildman–Crippen MR) is 183 cm³/mol. The van der Waals surface area contributed by atoms with Crippen molar-refractivity contribution in [1.82, 2.24) is 29.9 Å². The molecule has 0 radical (unpaired) electrons. The van der Waals surface area contributed by atoms with E-state index in [2.05, 4.69) is 67.7 Å². The van der Waals surface area contributed by atoms with Gasteiger partial charge < -0.3 is 28.9 Å². The van der Waals surface area contributed by atoms with Gasteiger partial charge in [0.1, 0.15) is 37.0 Å². The highest BCUT2D eigenvalue weighted by Crippen LogP contribution is 2.35. The maximum Gasteiger partial charge on any atom is 0.328 e.